The van der Waals surface area contributed by atoms with Gasteiger partial charge in [-0.15, -0.1) is 20.4 Å². The second kappa shape index (κ2) is 3.68. The smallest absolute Gasteiger partial charge is 0.203 e. The van der Waals surface area contributed by atoms with Crippen molar-refractivity contribution in [1.82, 2.24) is 20.4 Å². The monoisotopic (exact) mass is 204 g/mol. The molecule has 0 aliphatic rings. The summed E-state index contributed by atoms with van der Waals surface area (Å²) in [6, 6.07) is 4.59. The highest BCUT2D eigenvalue weighted by Gasteiger charge is 2.05. The molecule has 5 heteroatoms. The quantitative estimate of drug-likeness (QED) is 0.709. The number of rotatable bonds is 1. The molecule has 0 fully saturated rings. The molecule has 2 rings (SSSR count). The standard InChI is InChI=1S/C10H9FN4/c1-6-3-8(5-9(11)4-6)10-14-12-7(2)13-15-10/h3-5H,1-2H3. The van der Waals surface area contributed by atoms with Crippen LogP contribution < -0.4 is 0 Å². The van der Waals surface area contributed by atoms with Gasteiger partial charge in [-0.05, 0) is 37.6 Å². The van der Waals surface area contributed by atoms with Gasteiger partial charge in [-0.1, -0.05) is 0 Å². The fourth-order valence-electron chi connectivity index (χ4n) is 1.26. The highest BCUT2D eigenvalue weighted by molar-refractivity contribution is 5.54. The number of hydrogen-bond donors (Lipinski definition) is 0. The van der Waals surface area contributed by atoms with E-state index in [1.165, 1.54) is 12.1 Å². The fourth-order valence-corrected chi connectivity index (χ4v) is 1.26. The number of halogens is 1. The molecule has 0 aliphatic heterocycles. The lowest BCUT2D eigenvalue weighted by Crippen LogP contribution is -1.99. The van der Waals surface area contributed by atoms with Crippen molar-refractivity contribution in [1.29, 1.82) is 0 Å². The Morgan fingerprint density at radius 3 is 2.20 bits per heavy atom. The first kappa shape index (κ1) is 9.64. The van der Waals surface area contributed by atoms with Crippen molar-refractivity contribution in [3.63, 3.8) is 0 Å². The van der Waals surface area contributed by atoms with Crippen LogP contribution in [0.4, 0.5) is 4.39 Å². The van der Waals surface area contributed by atoms with Gasteiger partial charge in [0.25, 0.3) is 0 Å². The van der Waals surface area contributed by atoms with E-state index in [2.05, 4.69) is 20.4 Å². The predicted molar refractivity (Wildman–Crippen MR) is 52.5 cm³/mol. The van der Waals surface area contributed by atoms with Crippen LogP contribution in [0.15, 0.2) is 18.2 Å². The van der Waals surface area contributed by atoms with Crippen LogP contribution in [-0.2, 0) is 0 Å². The molecule has 4 nitrogen and oxygen atoms in total. The molecular weight excluding hydrogens is 195 g/mol. The van der Waals surface area contributed by atoms with E-state index in [9.17, 15) is 4.39 Å². The topological polar surface area (TPSA) is 51.6 Å². The van der Waals surface area contributed by atoms with Crippen molar-refractivity contribution < 1.29 is 4.39 Å². The maximum Gasteiger partial charge on any atom is 0.203 e. The van der Waals surface area contributed by atoms with E-state index < -0.39 is 0 Å². The lowest BCUT2D eigenvalue weighted by molar-refractivity contribution is 0.626. The van der Waals surface area contributed by atoms with Crippen LogP contribution in [0, 0.1) is 19.7 Å². The lowest BCUT2D eigenvalue weighted by Gasteiger charge is -2.00. The Kier molecular flexibility index (Phi) is 2.37. The summed E-state index contributed by atoms with van der Waals surface area (Å²) in [5.74, 6) is 0.518. The first-order valence-corrected chi connectivity index (χ1v) is 4.47. The summed E-state index contributed by atoms with van der Waals surface area (Å²) < 4.78 is 13.1. The van der Waals surface area contributed by atoms with Crippen LogP contribution in [0.5, 0.6) is 0 Å². The second-order valence-corrected chi connectivity index (χ2v) is 3.29. The molecule has 2 aromatic rings. The van der Waals surface area contributed by atoms with Gasteiger partial charge in [0.1, 0.15) is 5.82 Å². The van der Waals surface area contributed by atoms with E-state index in [1.807, 2.05) is 6.92 Å². The lowest BCUT2D eigenvalue weighted by atomic mass is 10.1. The van der Waals surface area contributed by atoms with Gasteiger partial charge >= 0.3 is 0 Å². The number of aryl methyl sites for hydroxylation is 2. The molecule has 0 amide bonds. The Morgan fingerprint density at radius 1 is 0.933 bits per heavy atom. The van der Waals surface area contributed by atoms with Gasteiger partial charge in [0.05, 0.1) is 0 Å². The third-order valence-electron chi connectivity index (χ3n) is 1.88. The Morgan fingerprint density at radius 2 is 1.60 bits per heavy atom. The van der Waals surface area contributed by atoms with Gasteiger partial charge in [0, 0.05) is 5.56 Å². The molecule has 1 aromatic carbocycles. The zero-order valence-electron chi connectivity index (χ0n) is 8.40. The average molecular weight is 204 g/mol. The maximum atomic E-state index is 13.1. The largest absolute Gasteiger partial charge is 0.207 e. The normalized spacial score (nSPS) is 10.3. The van der Waals surface area contributed by atoms with E-state index in [0.717, 1.165) is 5.56 Å². The summed E-state index contributed by atoms with van der Waals surface area (Å²) in [6.07, 6.45) is 0. The zero-order valence-corrected chi connectivity index (χ0v) is 8.40. The SMILES string of the molecule is Cc1cc(F)cc(-c2nnc(C)nn2)c1. The first-order valence-electron chi connectivity index (χ1n) is 4.47. The first-order chi connectivity index (χ1) is 7.15. The van der Waals surface area contributed by atoms with Crippen molar-refractivity contribution in [2.24, 2.45) is 0 Å². The van der Waals surface area contributed by atoms with Gasteiger partial charge in [-0.25, -0.2) is 4.39 Å². The molecule has 1 aromatic heterocycles. The van der Waals surface area contributed by atoms with Crippen molar-refractivity contribution in [3.05, 3.63) is 35.4 Å². The molecule has 0 spiro atoms. The van der Waals surface area contributed by atoms with Crippen LogP contribution in [0.25, 0.3) is 11.4 Å². The van der Waals surface area contributed by atoms with Crippen molar-refractivity contribution in [2.75, 3.05) is 0 Å². The van der Waals surface area contributed by atoms with Gasteiger partial charge in [0.2, 0.25) is 5.82 Å². The van der Waals surface area contributed by atoms with Gasteiger partial charge in [-0.3, -0.25) is 0 Å². The number of aromatic nitrogens is 4. The Hall–Kier alpha value is -1.91. The number of benzene rings is 1. The molecular formula is C10H9FN4. The molecule has 0 radical (unpaired) electrons. The second-order valence-electron chi connectivity index (χ2n) is 3.29. The van der Waals surface area contributed by atoms with Crippen LogP contribution in [0.1, 0.15) is 11.4 Å². The Balaban J connectivity index is 2.49. The predicted octanol–water partition coefficient (Wildman–Crippen LogP) is 1.69. The summed E-state index contributed by atoms with van der Waals surface area (Å²) in [5.41, 5.74) is 1.40. The molecule has 0 saturated carbocycles. The molecule has 15 heavy (non-hydrogen) atoms. The van der Waals surface area contributed by atoms with Gasteiger partial charge in [-0.2, -0.15) is 0 Å². The van der Waals surface area contributed by atoms with Gasteiger partial charge in [0.15, 0.2) is 5.82 Å². The summed E-state index contributed by atoms with van der Waals surface area (Å²) in [5, 5.41) is 15.2. The van der Waals surface area contributed by atoms with Crippen molar-refractivity contribution in [2.45, 2.75) is 13.8 Å². The highest BCUT2D eigenvalue weighted by Crippen LogP contribution is 2.16. The molecule has 76 valence electrons. The van der Waals surface area contributed by atoms with Gasteiger partial charge < -0.3 is 0 Å². The van der Waals surface area contributed by atoms with Crippen LogP contribution in [0.2, 0.25) is 0 Å². The summed E-state index contributed by atoms with van der Waals surface area (Å²) >= 11 is 0. The molecule has 0 N–H and O–H groups in total. The van der Waals surface area contributed by atoms with Crippen LogP contribution in [0.3, 0.4) is 0 Å². The van der Waals surface area contributed by atoms with Crippen molar-refractivity contribution in [3.8, 4) is 11.4 Å². The zero-order chi connectivity index (χ0) is 10.8. The number of hydrogen-bond acceptors (Lipinski definition) is 4. The molecule has 0 saturated heterocycles. The maximum absolute atomic E-state index is 13.1. The Labute approximate surface area is 86.2 Å². The minimum atomic E-state index is -0.311. The molecule has 0 unspecified atom stereocenters. The number of nitrogens with zero attached hydrogens (tertiary/aromatic N) is 4. The molecule has 0 bridgehead atoms. The third-order valence-corrected chi connectivity index (χ3v) is 1.88. The summed E-state index contributed by atoms with van der Waals surface area (Å²) in [7, 11) is 0. The van der Waals surface area contributed by atoms with E-state index in [1.54, 1.807) is 13.0 Å². The van der Waals surface area contributed by atoms with E-state index >= 15 is 0 Å². The molecule has 0 atom stereocenters. The molecule has 0 aliphatic carbocycles. The minimum Gasteiger partial charge on any atom is -0.207 e. The van der Waals surface area contributed by atoms with Crippen LogP contribution >= 0.6 is 0 Å². The fraction of sp³-hybridized carbons (Fsp3) is 0.200. The molecule has 1 heterocycles. The minimum absolute atomic E-state index is 0.311. The summed E-state index contributed by atoms with van der Waals surface area (Å²) in [4.78, 5) is 0. The van der Waals surface area contributed by atoms with E-state index in [4.69, 9.17) is 0 Å². The summed E-state index contributed by atoms with van der Waals surface area (Å²) in [6.45, 7) is 3.50. The van der Waals surface area contributed by atoms with E-state index in [0.29, 0.717) is 17.2 Å². The van der Waals surface area contributed by atoms with Crippen molar-refractivity contribution >= 4 is 0 Å². The average Bonchev–Trinajstić information content (AvgIpc) is 2.17. The third kappa shape index (κ3) is 2.12. The van der Waals surface area contributed by atoms with Crippen LogP contribution in [-0.4, -0.2) is 20.4 Å². The Bertz CT molecular complexity index is 461. The van der Waals surface area contributed by atoms with E-state index in [-0.39, 0.29) is 5.82 Å². The highest BCUT2D eigenvalue weighted by atomic mass is 19.1.